The van der Waals surface area contributed by atoms with Gasteiger partial charge in [-0.25, -0.2) is 9.18 Å². The summed E-state index contributed by atoms with van der Waals surface area (Å²) in [6.45, 7) is 1.82. The Bertz CT molecular complexity index is 1060. The molecule has 1 N–H and O–H groups in total. The van der Waals surface area contributed by atoms with E-state index in [9.17, 15) is 23.1 Å². The van der Waals surface area contributed by atoms with Crippen LogP contribution in [0.15, 0.2) is 10.5 Å². The second kappa shape index (κ2) is 9.09. The number of aromatic nitrogens is 2. The Morgan fingerprint density at radius 2 is 1.94 bits per heavy atom. The zero-order valence-electron chi connectivity index (χ0n) is 17.7. The number of carbonyl (C=O) groups is 1. The lowest BCUT2D eigenvalue weighted by Gasteiger charge is -2.34. The number of hydrogen-bond donors (Lipinski definition) is 1. The smallest absolute Gasteiger partial charge is 0.417 e. The molecular formula is C20H22BrF4N5O3. The van der Waals surface area contributed by atoms with Crippen molar-refractivity contribution in [2.24, 2.45) is 0 Å². The molecule has 1 aromatic heterocycles. The molecule has 0 unspecified atom stereocenters. The summed E-state index contributed by atoms with van der Waals surface area (Å²) in [5.41, 5.74) is -1.47. The Kier molecular flexibility index (Phi) is 6.54. The highest BCUT2D eigenvalue weighted by Crippen LogP contribution is 2.41. The molecule has 2 aliphatic heterocycles. The highest BCUT2D eigenvalue weighted by atomic mass is 79.9. The summed E-state index contributed by atoms with van der Waals surface area (Å²) in [4.78, 5) is 24.6. The standard InChI is InChI=1S/C20H22BrF4N5O3/c1-28-4-2-3-11(28)10-33-18-26-16-12(9-13(20(23,24)25)14(21)15(16)22)17(27-18)29-5-7-30(8-6-29)19(31)32/h9,11H,2-8,10H2,1H3,(H,31,32)/t11-/m0/s1. The fourth-order valence-corrected chi connectivity index (χ4v) is 4.68. The Morgan fingerprint density at radius 1 is 1.24 bits per heavy atom. The van der Waals surface area contributed by atoms with Crippen LogP contribution < -0.4 is 9.64 Å². The number of piperazine rings is 1. The lowest BCUT2D eigenvalue weighted by Crippen LogP contribution is -2.48. The van der Waals surface area contributed by atoms with Gasteiger partial charge in [-0.05, 0) is 48.4 Å². The molecule has 1 amide bonds. The number of carboxylic acid groups (broad SMARTS) is 1. The average molecular weight is 536 g/mol. The van der Waals surface area contributed by atoms with E-state index in [4.69, 9.17) is 4.74 Å². The molecule has 2 fully saturated rings. The number of ether oxygens (including phenoxy) is 1. The van der Waals surface area contributed by atoms with Crippen LogP contribution in [0.2, 0.25) is 0 Å². The third-order valence-electron chi connectivity index (χ3n) is 6.06. The van der Waals surface area contributed by atoms with Gasteiger partial charge in [0.1, 0.15) is 17.9 Å². The second-order valence-corrected chi connectivity index (χ2v) is 8.91. The fourth-order valence-electron chi connectivity index (χ4n) is 4.15. The third-order valence-corrected chi connectivity index (χ3v) is 6.84. The number of benzene rings is 1. The topological polar surface area (TPSA) is 82.0 Å². The van der Waals surface area contributed by atoms with Gasteiger partial charge in [0.25, 0.3) is 0 Å². The van der Waals surface area contributed by atoms with Gasteiger partial charge in [-0.15, -0.1) is 0 Å². The van der Waals surface area contributed by atoms with Gasteiger partial charge in [-0.2, -0.15) is 23.1 Å². The van der Waals surface area contributed by atoms with Crippen LogP contribution in [0.25, 0.3) is 10.9 Å². The van der Waals surface area contributed by atoms with E-state index in [1.165, 1.54) is 4.90 Å². The molecule has 13 heteroatoms. The van der Waals surface area contributed by atoms with Gasteiger partial charge in [0.2, 0.25) is 0 Å². The van der Waals surface area contributed by atoms with Crippen LogP contribution in [-0.4, -0.2) is 83.4 Å². The lowest BCUT2D eigenvalue weighted by molar-refractivity contribution is -0.138. The van der Waals surface area contributed by atoms with E-state index in [-0.39, 0.29) is 61.6 Å². The highest BCUT2D eigenvalue weighted by molar-refractivity contribution is 9.10. The predicted molar refractivity (Wildman–Crippen MR) is 115 cm³/mol. The van der Waals surface area contributed by atoms with Gasteiger partial charge < -0.3 is 24.5 Å². The summed E-state index contributed by atoms with van der Waals surface area (Å²) in [6, 6.07) is 0.815. The number of alkyl halides is 3. The van der Waals surface area contributed by atoms with Crippen molar-refractivity contribution in [2.45, 2.75) is 25.1 Å². The van der Waals surface area contributed by atoms with Crippen molar-refractivity contribution >= 4 is 38.7 Å². The molecule has 2 aliphatic rings. The molecular weight excluding hydrogens is 514 g/mol. The Morgan fingerprint density at radius 3 is 2.52 bits per heavy atom. The number of rotatable bonds is 4. The monoisotopic (exact) mass is 535 g/mol. The first-order valence-electron chi connectivity index (χ1n) is 10.4. The number of fused-ring (bicyclic) bond motifs is 1. The van der Waals surface area contributed by atoms with E-state index in [0.29, 0.717) is 0 Å². The first-order valence-corrected chi connectivity index (χ1v) is 11.2. The summed E-state index contributed by atoms with van der Waals surface area (Å²) in [6.07, 6.45) is -3.94. The van der Waals surface area contributed by atoms with Crippen molar-refractivity contribution in [3.63, 3.8) is 0 Å². The van der Waals surface area contributed by atoms with Gasteiger partial charge in [0.15, 0.2) is 5.82 Å². The van der Waals surface area contributed by atoms with Crippen molar-refractivity contribution in [1.82, 2.24) is 19.8 Å². The molecule has 0 bridgehead atoms. The molecule has 3 heterocycles. The molecule has 0 saturated carbocycles. The Labute approximate surface area is 195 Å². The largest absolute Gasteiger partial charge is 0.465 e. The van der Waals surface area contributed by atoms with E-state index in [2.05, 4.69) is 30.8 Å². The molecule has 1 aromatic carbocycles. The molecule has 33 heavy (non-hydrogen) atoms. The normalized spacial score (nSPS) is 20.0. The van der Waals surface area contributed by atoms with Crippen LogP contribution >= 0.6 is 15.9 Å². The molecule has 2 aromatic rings. The van der Waals surface area contributed by atoms with Crippen LogP contribution in [0.1, 0.15) is 18.4 Å². The van der Waals surface area contributed by atoms with Gasteiger partial charge >= 0.3 is 18.3 Å². The summed E-state index contributed by atoms with van der Waals surface area (Å²) < 4.78 is 60.7. The highest BCUT2D eigenvalue weighted by Gasteiger charge is 2.36. The summed E-state index contributed by atoms with van der Waals surface area (Å²) in [5.74, 6) is -1.08. The maximum absolute atomic E-state index is 15.1. The van der Waals surface area contributed by atoms with Crippen molar-refractivity contribution in [1.29, 1.82) is 0 Å². The summed E-state index contributed by atoms with van der Waals surface area (Å²) in [5, 5.41) is 9.06. The van der Waals surface area contributed by atoms with Crippen LogP contribution in [-0.2, 0) is 6.18 Å². The van der Waals surface area contributed by atoms with Crippen LogP contribution in [0.4, 0.5) is 28.2 Å². The summed E-state index contributed by atoms with van der Waals surface area (Å²) >= 11 is 2.72. The molecule has 4 rings (SSSR count). The Hall–Kier alpha value is -2.41. The quantitative estimate of drug-likeness (QED) is 0.596. The summed E-state index contributed by atoms with van der Waals surface area (Å²) in [7, 11) is 1.96. The number of likely N-dealkylation sites (tertiary alicyclic amines) is 1. The third kappa shape index (κ3) is 4.79. The number of hydrogen-bond acceptors (Lipinski definition) is 6. The average Bonchev–Trinajstić information content (AvgIpc) is 3.18. The molecule has 0 radical (unpaired) electrons. The molecule has 0 aliphatic carbocycles. The van der Waals surface area contributed by atoms with Crippen molar-refractivity contribution in [3.8, 4) is 6.01 Å². The second-order valence-electron chi connectivity index (χ2n) is 8.12. The maximum Gasteiger partial charge on any atom is 0.417 e. The minimum absolute atomic E-state index is 0.0803. The molecule has 1 atom stereocenters. The number of nitrogens with zero attached hydrogens (tertiary/aromatic N) is 5. The van der Waals surface area contributed by atoms with E-state index in [1.54, 1.807) is 4.90 Å². The minimum Gasteiger partial charge on any atom is -0.465 e. The first kappa shape index (κ1) is 23.7. The van der Waals surface area contributed by atoms with Crippen LogP contribution in [0, 0.1) is 5.82 Å². The van der Waals surface area contributed by atoms with Crippen molar-refractivity contribution in [2.75, 3.05) is 51.3 Å². The van der Waals surface area contributed by atoms with Gasteiger partial charge in [0.05, 0.1) is 10.0 Å². The molecule has 8 nitrogen and oxygen atoms in total. The van der Waals surface area contributed by atoms with E-state index in [0.717, 1.165) is 25.5 Å². The minimum atomic E-state index is -4.80. The zero-order chi connectivity index (χ0) is 23.9. The zero-order valence-corrected chi connectivity index (χ0v) is 19.3. The molecule has 0 spiro atoms. The van der Waals surface area contributed by atoms with Gasteiger partial charge in [-0.1, -0.05) is 0 Å². The van der Waals surface area contributed by atoms with Crippen molar-refractivity contribution in [3.05, 3.63) is 21.9 Å². The van der Waals surface area contributed by atoms with E-state index >= 15 is 4.39 Å². The predicted octanol–water partition coefficient (Wildman–Crippen LogP) is 3.82. The van der Waals surface area contributed by atoms with E-state index < -0.39 is 28.1 Å². The Balaban J connectivity index is 1.76. The van der Waals surface area contributed by atoms with Gasteiger partial charge in [-0.3, -0.25) is 0 Å². The lowest BCUT2D eigenvalue weighted by atomic mass is 10.1. The van der Waals surface area contributed by atoms with Crippen LogP contribution in [0.5, 0.6) is 6.01 Å². The number of halogens is 5. The van der Waals surface area contributed by atoms with Crippen LogP contribution in [0.3, 0.4) is 0 Å². The van der Waals surface area contributed by atoms with Crippen molar-refractivity contribution < 1.29 is 32.2 Å². The number of anilines is 1. The fraction of sp³-hybridized carbons (Fsp3) is 0.550. The molecule has 2 saturated heterocycles. The van der Waals surface area contributed by atoms with E-state index in [1.807, 2.05) is 7.05 Å². The maximum atomic E-state index is 15.1. The number of likely N-dealkylation sites (N-methyl/N-ethyl adjacent to an activating group) is 1. The van der Waals surface area contributed by atoms with Gasteiger partial charge in [0, 0.05) is 37.6 Å². The number of amides is 1. The SMILES string of the molecule is CN1CCC[C@H]1COc1nc(N2CCN(C(=O)O)CC2)c2cc(C(F)(F)F)c(Br)c(F)c2n1. The first-order chi connectivity index (χ1) is 15.6. The molecule has 180 valence electrons.